The molecule has 2 N–H and O–H groups in total. The minimum atomic E-state index is -0.422. The second-order valence-corrected chi connectivity index (χ2v) is 7.38. The van der Waals surface area contributed by atoms with Gasteiger partial charge in [0.2, 0.25) is 0 Å². The van der Waals surface area contributed by atoms with Crippen LogP contribution >= 0.6 is 0 Å². The summed E-state index contributed by atoms with van der Waals surface area (Å²) in [6.45, 7) is 5.03. The second-order valence-electron chi connectivity index (χ2n) is 7.38. The van der Waals surface area contributed by atoms with E-state index in [1.165, 1.54) is 22.3 Å². The van der Waals surface area contributed by atoms with E-state index in [9.17, 15) is 9.90 Å². The Bertz CT molecular complexity index is 711. The molecule has 0 fully saturated rings. The van der Waals surface area contributed by atoms with Gasteiger partial charge in [0.15, 0.2) is 0 Å². The van der Waals surface area contributed by atoms with Crippen LogP contribution in [0.3, 0.4) is 0 Å². The monoisotopic (exact) mass is 353 g/mol. The lowest BCUT2D eigenvalue weighted by Gasteiger charge is -2.18. The van der Waals surface area contributed by atoms with Crippen molar-refractivity contribution in [3.8, 4) is 11.1 Å². The van der Waals surface area contributed by atoms with E-state index in [4.69, 9.17) is 4.74 Å². The van der Waals surface area contributed by atoms with Crippen LogP contribution < -0.4 is 5.32 Å². The Labute approximate surface area is 155 Å². The van der Waals surface area contributed by atoms with Crippen molar-refractivity contribution in [3.05, 3.63) is 59.7 Å². The molecule has 0 radical (unpaired) electrons. The Morgan fingerprint density at radius 2 is 1.65 bits per heavy atom. The van der Waals surface area contributed by atoms with Gasteiger partial charge in [-0.3, -0.25) is 0 Å². The number of carbonyl (C=O) groups excluding carboxylic acids is 1. The fourth-order valence-corrected chi connectivity index (χ4v) is 3.77. The number of carbonyl (C=O) groups is 1. The van der Waals surface area contributed by atoms with Crippen LogP contribution in [0.5, 0.6) is 0 Å². The molecule has 1 atom stereocenters. The van der Waals surface area contributed by atoms with E-state index in [-0.39, 0.29) is 18.4 Å². The first kappa shape index (κ1) is 18.5. The van der Waals surface area contributed by atoms with Gasteiger partial charge in [0, 0.05) is 19.1 Å². The van der Waals surface area contributed by atoms with Crippen LogP contribution in [0.2, 0.25) is 0 Å². The molecule has 0 saturated carbocycles. The summed E-state index contributed by atoms with van der Waals surface area (Å²) in [5.41, 5.74) is 4.84. The van der Waals surface area contributed by atoms with Crippen LogP contribution in [0.4, 0.5) is 4.79 Å². The average molecular weight is 353 g/mol. The van der Waals surface area contributed by atoms with Gasteiger partial charge in [0.1, 0.15) is 6.61 Å². The van der Waals surface area contributed by atoms with Crippen LogP contribution in [0.15, 0.2) is 48.5 Å². The number of aliphatic hydroxyl groups is 1. The predicted molar refractivity (Wildman–Crippen MR) is 103 cm³/mol. The molecule has 0 saturated heterocycles. The number of fused-ring (bicyclic) bond motifs is 3. The maximum Gasteiger partial charge on any atom is 0.407 e. The number of rotatable bonds is 7. The first-order chi connectivity index (χ1) is 12.6. The number of hydrogen-bond acceptors (Lipinski definition) is 3. The Balaban J connectivity index is 1.60. The molecule has 2 aromatic carbocycles. The summed E-state index contributed by atoms with van der Waals surface area (Å²) < 4.78 is 5.51. The fourth-order valence-electron chi connectivity index (χ4n) is 3.77. The number of hydrogen-bond donors (Lipinski definition) is 2. The standard InChI is InChI=1S/C22H27NO3/c1-15(2)11-16(13-24)12-23-22(25)26-14-21-19-9-5-3-7-17(19)18-8-4-6-10-20(18)21/h3-10,15-16,21,24H,11-14H2,1-2H3,(H,23,25)/t16-/m0/s1. The van der Waals surface area contributed by atoms with Crippen molar-refractivity contribution in [2.45, 2.75) is 26.2 Å². The smallest absolute Gasteiger partial charge is 0.407 e. The number of benzene rings is 2. The van der Waals surface area contributed by atoms with Crippen molar-refractivity contribution in [2.75, 3.05) is 19.8 Å². The number of nitrogens with one attached hydrogen (secondary N) is 1. The zero-order valence-electron chi connectivity index (χ0n) is 15.4. The van der Waals surface area contributed by atoms with Crippen LogP contribution in [0.25, 0.3) is 11.1 Å². The highest BCUT2D eigenvalue weighted by atomic mass is 16.5. The lowest BCUT2D eigenvalue weighted by atomic mass is 9.98. The summed E-state index contributed by atoms with van der Waals surface area (Å²) >= 11 is 0. The Morgan fingerprint density at radius 1 is 1.08 bits per heavy atom. The number of ether oxygens (including phenoxy) is 1. The van der Waals surface area contributed by atoms with E-state index >= 15 is 0 Å². The SMILES string of the molecule is CC(C)C[C@H](CO)CNC(=O)OCC1c2ccccc2-c2ccccc21. The summed E-state index contributed by atoms with van der Waals surface area (Å²) in [5, 5.41) is 12.2. The Hall–Kier alpha value is -2.33. The van der Waals surface area contributed by atoms with Crippen LogP contribution in [-0.4, -0.2) is 31.0 Å². The summed E-state index contributed by atoms with van der Waals surface area (Å²) in [5.74, 6) is 0.615. The van der Waals surface area contributed by atoms with Gasteiger partial charge in [-0.05, 0) is 40.5 Å². The lowest BCUT2D eigenvalue weighted by Crippen LogP contribution is -2.32. The van der Waals surface area contributed by atoms with Crippen LogP contribution in [0.1, 0.15) is 37.3 Å². The highest BCUT2D eigenvalue weighted by Gasteiger charge is 2.29. The Morgan fingerprint density at radius 3 is 2.19 bits per heavy atom. The molecule has 2 aromatic rings. The first-order valence-electron chi connectivity index (χ1n) is 9.29. The van der Waals surface area contributed by atoms with E-state index < -0.39 is 6.09 Å². The molecule has 0 spiro atoms. The molecule has 4 heteroatoms. The highest BCUT2D eigenvalue weighted by molar-refractivity contribution is 5.79. The van der Waals surface area contributed by atoms with Crippen molar-refractivity contribution < 1.29 is 14.6 Å². The molecule has 26 heavy (non-hydrogen) atoms. The zero-order chi connectivity index (χ0) is 18.5. The summed E-state index contributed by atoms with van der Waals surface area (Å²) in [7, 11) is 0. The van der Waals surface area contributed by atoms with E-state index in [1.54, 1.807) is 0 Å². The number of alkyl carbamates (subject to hydrolysis) is 1. The minimum Gasteiger partial charge on any atom is -0.449 e. The van der Waals surface area contributed by atoms with Crippen molar-refractivity contribution in [2.24, 2.45) is 11.8 Å². The maximum atomic E-state index is 12.1. The molecule has 0 heterocycles. The third-order valence-electron chi connectivity index (χ3n) is 4.94. The molecule has 1 aliphatic carbocycles. The molecule has 3 rings (SSSR count). The van der Waals surface area contributed by atoms with Gasteiger partial charge < -0.3 is 15.2 Å². The second kappa shape index (κ2) is 8.37. The van der Waals surface area contributed by atoms with E-state index in [0.29, 0.717) is 19.1 Å². The van der Waals surface area contributed by atoms with Gasteiger partial charge in [0.05, 0.1) is 0 Å². The summed E-state index contributed by atoms with van der Waals surface area (Å²) in [6.07, 6.45) is 0.453. The molecular weight excluding hydrogens is 326 g/mol. The molecule has 1 amide bonds. The zero-order valence-corrected chi connectivity index (χ0v) is 15.4. The van der Waals surface area contributed by atoms with Gasteiger partial charge in [-0.2, -0.15) is 0 Å². The largest absolute Gasteiger partial charge is 0.449 e. The topological polar surface area (TPSA) is 58.6 Å². The lowest BCUT2D eigenvalue weighted by molar-refractivity contribution is 0.136. The molecule has 0 bridgehead atoms. The first-order valence-corrected chi connectivity index (χ1v) is 9.29. The normalized spacial score (nSPS) is 14.0. The van der Waals surface area contributed by atoms with Gasteiger partial charge in [0.25, 0.3) is 0 Å². The van der Waals surface area contributed by atoms with Crippen molar-refractivity contribution >= 4 is 6.09 Å². The third kappa shape index (κ3) is 4.07. The Kier molecular flexibility index (Phi) is 5.94. The molecule has 0 aliphatic heterocycles. The number of aliphatic hydroxyl groups excluding tert-OH is 1. The molecule has 138 valence electrons. The average Bonchev–Trinajstić information content (AvgIpc) is 2.97. The number of amides is 1. The predicted octanol–water partition coefficient (Wildman–Crippen LogP) is 4.18. The molecule has 4 nitrogen and oxygen atoms in total. The van der Waals surface area contributed by atoms with E-state index in [1.807, 2.05) is 24.3 Å². The van der Waals surface area contributed by atoms with Crippen LogP contribution in [-0.2, 0) is 4.74 Å². The molecular formula is C22H27NO3. The highest BCUT2D eigenvalue weighted by Crippen LogP contribution is 2.44. The molecule has 0 aromatic heterocycles. The van der Waals surface area contributed by atoms with Gasteiger partial charge >= 0.3 is 6.09 Å². The third-order valence-corrected chi connectivity index (χ3v) is 4.94. The fraction of sp³-hybridized carbons (Fsp3) is 0.409. The minimum absolute atomic E-state index is 0.0653. The molecule has 1 aliphatic rings. The quantitative estimate of drug-likeness (QED) is 0.785. The van der Waals surface area contributed by atoms with Crippen molar-refractivity contribution in [1.82, 2.24) is 5.32 Å². The van der Waals surface area contributed by atoms with Gasteiger partial charge in [-0.25, -0.2) is 4.79 Å². The van der Waals surface area contributed by atoms with E-state index in [2.05, 4.69) is 43.4 Å². The summed E-state index contributed by atoms with van der Waals surface area (Å²) in [6, 6.07) is 16.6. The van der Waals surface area contributed by atoms with Gasteiger partial charge in [-0.1, -0.05) is 62.4 Å². The van der Waals surface area contributed by atoms with Crippen molar-refractivity contribution in [1.29, 1.82) is 0 Å². The van der Waals surface area contributed by atoms with Gasteiger partial charge in [-0.15, -0.1) is 0 Å². The van der Waals surface area contributed by atoms with Crippen LogP contribution in [0, 0.1) is 11.8 Å². The molecule has 0 unspecified atom stereocenters. The maximum absolute atomic E-state index is 12.1. The van der Waals surface area contributed by atoms with Crippen molar-refractivity contribution in [3.63, 3.8) is 0 Å². The van der Waals surface area contributed by atoms with E-state index in [0.717, 1.165) is 6.42 Å². The summed E-state index contributed by atoms with van der Waals surface area (Å²) in [4.78, 5) is 12.1.